The lowest BCUT2D eigenvalue weighted by molar-refractivity contribution is -0.121. The molecule has 20 heavy (non-hydrogen) atoms. The van der Waals surface area contributed by atoms with Gasteiger partial charge >= 0.3 is 0 Å². The molecule has 2 aromatic rings. The minimum atomic E-state index is -0.0277. The summed E-state index contributed by atoms with van der Waals surface area (Å²) < 4.78 is 1.53. The molecule has 1 unspecified atom stereocenters. The van der Waals surface area contributed by atoms with Gasteiger partial charge in [-0.2, -0.15) is 5.10 Å². The summed E-state index contributed by atoms with van der Waals surface area (Å²) in [5, 5.41) is 10.2. The van der Waals surface area contributed by atoms with Gasteiger partial charge in [-0.3, -0.25) is 4.79 Å². The van der Waals surface area contributed by atoms with Gasteiger partial charge in [0.2, 0.25) is 5.91 Å². The highest BCUT2D eigenvalue weighted by Crippen LogP contribution is 2.20. The molecule has 7 heteroatoms. The van der Waals surface area contributed by atoms with Crippen molar-refractivity contribution in [1.82, 2.24) is 25.1 Å². The molecule has 2 N–H and O–H groups in total. The van der Waals surface area contributed by atoms with Crippen LogP contribution in [0, 0.1) is 11.8 Å². The van der Waals surface area contributed by atoms with Gasteiger partial charge in [0, 0.05) is 12.1 Å². The SMILES string of the molecule is CC(C(=O)Nc1cccnc1-n1cncn1)C1CNC1. The summed E-state index contributed by atoms with van der Waals surface area (Å²) in [6.07, 6.45) is 4.64. The number of amides is 1. The molecule has 1 saturated heterocycles. The van der Waals surface area contributed by atoms with Crippen LogP contribution in [0.2, 0.25) is 0 Å². The lowest BCUT2D eigenvalue weighted by Crippen LogP contribution is -2.48. The van der Waals surface area contributed by atoms with Gasteiger partial charge < -0.3 is 10.6 Å². The third-order valence-electron chi connectivity index (χ3n) is 3.61. The van der Waals surface area contributed by atoms with Gasteiger partial charge in [-0.05, 0) is 31.1 Å². The van der Waals surface area contributed by atoms with Crippen molar-refractivity contribution in [1.29, 1.82) is 0 Å². The van der Waals surface area contributed by atoms with Crippen molar-refractivity contribution in [3.05, 3.63) is 31.0 Å². The lowest BCUT2D eigenvalue weighted by Gasteiger charge is -2.31. The van der Waals surface area contributed by atoms with Crippen LogP contribution < -0.4 is 10.6 Å². The van der Waals surface area contributed by atoms with E-state index in [1.54, 1.807) is 18.6 Å². The van der Waals surface area contributed by atoms with Crippen LogP contribution in [0.15, 0.2) is 31.0 Å². The second-order valence-corrected chi connectivity index (χ2v) is 4.91. The predicted octanol–water partition coefficient (Wildman–Crippen LogP) is 0.456. The average molecular weight is 272 g/mol. The first-order valence-corrected chi connectivity index (χ1v) is 6.57. The molecule has 0 saturated carbocycles. The molecule has 1 aliphatic rings. The maximum atomic E-state index is 12.3. The van der Waals surface area contributed by atoms with Crippen LogP contribution in [0.4, 0.5) is 5.69 Å². The summed E-state index contributed by atoms with van der Waals surface area (Å²) in [5.41, 5.74) is 0.641. The van der Waals surface area contributed by atoms with Gasteiger partial charge in [-0.25, -0.2) is 14.6 Å². The Morgan fingerprint density at radius 1 is 1.55 bits per heavy atom. The van der Waals surface area contributed by atoms with Gasteiger partial charge in [-0.15, -0.1) is 0 Å². The molecule has 1 amide bonds. The molecule has 1 atom stereocenters. The Labute approximate surface area is 116 Å². The molecule has 0 bridgehead atoms. The molecule has 1 fully saturated rings. The van der Waals surface area contributed by atoms with E-state index in [4.69, 9.17) is 0 Å². The van der Waals surface area contributed by atoms with E-state index in [0.717, 1.165) is 13.1 Å². The number of rotatable bonds is 4. The van der Waals surface area contributed by atoms with Gasteiger partial charge in [0.25, 0.3) is 0 Å². The first-order chi connectivity index (χ1) is 9.75. The Hall–Kier alpha value is -2.28. The third-order valence-corrected chi connectivity index (χ3v) is 3.61. The smallest absolute Gasteiger partial charge is 0.227 e. The lowest BCUT2D eigenvalue weighted by atomic mass is 9.88. The minimum Gasteiger partial charge on any atom is -0.323 e. The predicted molar refractivity (Wildman–Crippen MR) is 73.3 cm³/mol. The van der Waals surface area contributed by atoms with E-state index in [2.05, 4.69) is 25.7 Å². The molecule has 7 nitrogen and oxygen atoms in total. The Morgan fingerprint density at radius 3 is 3.05 bits per heavy atom. The Bertz CT molecular complexity index is 593. The van der Waals surface area contributed by atoms with Gasteiger partial charge in [0.05, 0.1) is 5.69 Å². The maximum Gasteiger partial charge on any atom is 0.227 e. The molecule has 0 aliphatic carbocycles. The first-order valence-electron chi connectivity index (χ1n) is 6.57. The van der Waals surface area contributed by atoms with Crippen LogP contribution in [-0.4, -0.2) is 38.7 Å². The molecule has 2 aromatic heterocycles. The van der Waals surface area contributed by atoms with E-state index in [1.807, 2.05) is 13.0 Å². The van der Waals surface area contributed by atoms with Crippen molar-refractivity contribution < 1.29 is 4.79 Å². The zero-order valence-electron chi connectivity index (χ0n) is 11.2. The number of aromatic nitrogens is 4. The van der Waals surface area contributed by atoms with E-state index in [0.29, 0.717) is 17.4 Å². The maximum absolute atomic E-state index is 12.3. The summed E-state index contributed by atoms with van der Waals surface area (Å²) in [7, 11) is 0. The molecule has 0 radical (unpaired) electrons. The van der Waals surface area contributed by atoms with Gasteiger partial charge in [-0.1, -0.05) is 6.92 Å². The number of nitrogens with one attached hydrogen (secondary N) is 2. The van der Waals surface area contributed by atoms with Crippen molar-refractivity contribution in [2.75, 3.05) is 18.4 Å². The molecule has 3 rings (SSSR count). The fourth-order valence-corrected chi connectivity index (χ4v) is 2.12. The largest absolute Gasteiger partial charge is 0.323 e. The second kappa shape index (κ2) is 5.38. The van der Waals surface area contributed by atoms with Gasteiger partial charge in [0.15, 0.2) is 5.82 Å². The normalized spacial score (nSPS) is 16.4. The summed E-state index contributed by atoms with van der Waals surface area (Å²) >= 11 is 0. The van der Waals surface area contributed by atoms with Crippen LogP contribution in [0.5, 0.6) is 0 Å². The van der Waals surface area contributed by atoms with Crippen LogP contribution in [0.1, 0.15) is 6.92 Å². The quantitative estimate of drug-likeness (QED) is 0.844. The minimum absolute atomic E-state index is 0.00543. The molecular weight excluding hydrogens is 256 g/mol. The van der Waals surface area contributed by atoms with E-state index >= 15 is 0 Å². The monoisotopic (exact) mass is 272 g/mol. The van der Waals surface area contributed by atoms with Crippen LogP contribution >= 0.6 is 0 Å². The average Bonchev–Trinajstić information content (AvgIpc) is 2.91. The number of carbonyl (C=O) groups excluding carboxylic acids is 1. The fraction of sp³-hybridized carbons (Fsp3) is 0.385. The zero-order valence-corrected chi connectivity index (χ0v) is 11.2. The highest BCUT2D eigenvalue weighted by molar-refractivity contribution is 5.94. The number of carbonyl (C=O) groups is 1. The first kappa shape index (κ1) is 12.7. The summed E-state index contributed by atoms with van der Waals surface area (Å²) in [6, 6.07) is 3.60. The number of nitrogens with zero attached hydrogens (tertiary/aromatic N) is 4. The van der Waals surface area contributed by atoms with Gasteiger partial charge in [0.1, 0.15) is 12.7 Å². The van der Waals surface area contributed by atoms with Crippen LogP contribution in [0.25, 0.3) is 5.82 Å². The highest BCUT2D eigenvalue weighted by Gasteiger charge is 2.29. The zero-order chi connectivity index (χ0) is 13.9. The van der Waals surface area contributed by atoms with Crippen molar-refractivity contribution >= 4 is 11.6 Å². The fourth-order valence-electron chi connectivity index (χ4n) is 2.12. The molecule has 104 valence electrons. The number of hydrogen-bond acceptors (Lipinski definition) is 5. The second-order valence-electron chi connectivity index (χ2n) is 4.91. The van der Waals surface area contributed by atoms with E-state index in [9.17, 15) is 4.79 Å². The number of anilines is 1. The Balaban J connectivity index is 1.79. The standard InChI is InChI=1S/C13H16N6O/c1-9(10-5-14-6-10)13(20)18-11-3-2-4-16-12(11)19-8-15-7-17-19/h2-4,7-10,14H,5-6H2,1H3,(H,18,20). The molecule has 3 heterocycles. The molecule has 1 aliphatic heterocycles. The van der Waals surface area contributed by atoms with Crippen LogP contribution in [-0.2, 0) is 4.79 Å². The molecular formula is C13H16N6O. The van der Waals surface area contributed by atoms with Crippen molar-refractivity contribution in [3.8, 4) is 5.82 Å². The number of hydrogen-bond donors (Lipinski definition) is 2. The Kier molecular flexibility index (Phi) is 3.42. The van der Waals surface area contributed by atoms with Crippen molar-refractivity contribution in [2.24, 2.45) is 11.8 Å². The van der Waals surface area contributed by atoms with Crippen molar-refractivity contribution in [2.45, 2.75) is 6.92 Å². The Morgan fingerprint density at radius 2 is 2.40 bits per heavy atom. The third kappa shape index (κ3) is 2.39. The topological polar surface area (TPSA) is 84.7 Å². The van der Waals surface area contributed by atoms with Crippen LogP contribution in [0.3, 0.4) is 0 Å². The number of pyridine rings is 1. The van der Waals surface area contributed by atoms with Crippen molar-refractivity contribution in [3.63, 3.8) is 0 Å². The van der Waals surface area contributed by atoms with E-state index < -0.39 is 0 Å². The van der Waals surface area contributed by atoms with E-state index in [-0.39, 0.29) is 11.8 Å². The molecule has 0 spiro atoms. The summed E-state index contributed by atoms with van der Waals surface area (Å²) in [5.74, 6) is 0.949. The summed E-state index contributed by atoms with van der Waals surface area (Å²) in [6.45, 7) is 3.75. The van der Waals surface area contributed by atoms with E-state index in [1.165, 1.54) is 11.0 Å². The molecule has 0 aromatic carbocycles. The summed E-state index contributed by atoms with van der Waals surface area (Å²) in [4.78, 5) is 20.4. The highest BCUT2D eigenvalue weighted by atomic mass is 16.1.